The molecule has 0 atom stereocenters. The van der Waals surface area contributed by atoms with E-state index in [-0.39, 0.29) is 10.6 Å². The molecule has 0 unspecified atom stereocenters. The van der Waals surface area contributed by atoms with Gasteiger partial charge < -0.3 is 10.2 Å². The Labute approximate surface area is 67.8 Å². The molecular weight excluding hydrogens is 168 g/mol. The predicted octanol–water partition coefficient (Wildman–Crippen LogP) is 1.56. The van der Waals surface area contributed by atoms with Gasteiger partial charge in [-0.1, -0.05) is 11.6 Å². The highest BCUT2D eigenvalue weighted by atomic mass is 35.5. The summed E-state index contributed by atoms with van der Waals surface area (Å²) < 4.78 is 0. The van der Waals surface area contributed by atoms with Gasteiger partial charge in [-0.15, -0.1) is 0 Å². The number of carbonyl (C=O) groups is 1. The second kappa shape index (κ2) is 2.80. The van der Waals surface area contributed by atoms with E-state index >= 15 is 0 Å². The van der Waals surface area contributed by atoms with Gasteiger partial charge in [-0.3, -0.25) is 4.79 Å². The van der Waals surface area contributed by atoms with Gasteiger partial charge in [0.05, 0.1) is 10.6 Å². The zero-order valence-corrected chi connectivity index (χ0v) is 6.17. The van der Waals surface area contributed by atoms with E-state index in [1.807, 2.05) is 0 Å². The minimum absolute atomic E-state index is 0.0203. The summed E-state index contributed by atoms with van der Waals surface area (Å²) in [5.74, 6) is -0.941. The number of carbonyl (C=O) groups excluding carboxylic acids is 1. The van der Waals surface area contributed by atoms with E-state index in [9.17, 15) is 4.79 Å². The van der Waals surface area contributed by atoms with E-state index in [0.29, 0.717) is 6.29 Å². The Morgan fingerprint density at radius 1 is 1.27 bits per heavy atom. The van der Waals surface area contributed by atoms with Gasteiger partial charge in [0, 0.05) is 0 Å². The lowest BCUT2D eigenvalue weighted by molar-refractivity contribution is 0.112. The highest BCUT2D eigenvalue weighted by Gasteiger charge is 2.08. The van der Waals surface area contributed by atoms with Gasteiger partial charge in [0.1, 0.15) is 0 Å². The Bertz CT molecular complexity index is 296. The first-order chi connectivity index (χ1) is 5.16. The zero-order valence-electron chi connectivity index (χ0n) is 5.41. The topological polar surface area (TPSA) is 57.5 Å². The minimum atomic E-state index is -0.479. The first-order valence-corrected chi connectivity index (χ1v) is 3.20. The smallest absolute Gasteiger partial charge is 0.177 e. The van der Waals surface area contributed by atoms with Crippen molar-refractivity contribution in [3.8, 4) is 11.5 Å². The molecule has 0 radical (unpaired) electrons. The number of aldehydes is 1. The number of rotatable bonds is 1. The summed E-state index contributed by atoms with van der Waals surface area (Å²) >= 11 is 5.42. The van der Waals surface area contributed by atoms with Gasteiger partial charge in [0.2, 0.25) is 0 Å². The molecule has 1 aromatic rings. The molecular formula is C7H5ClO3. The first kappa shape index (κ1) is 7.88. The molecule has 3 nitrogen and oxygen atoms in total. The maximum absolute atomic E-state index is 10.2. The van der Waals surface area contributed by atoms with Gasteiger partial charge in [-0.2, -0.15) is 0 Å². The molecule has 0 aromatic heterocycles. The summed E-state index contributed by atoms with van der Waals surface area (Å²) in [6, 6.07) is 2.66. The van der Waals surface area contributed by atoms with E-state index in [2.05, 4.69) is 0 Å². The number of phenolic OH excluding ortho intramolecular Hbond substituents is 2. The maximum atomic E-state index is 10.2. The number of benzene rings is 1. The molecule has 0 saturated heterocycles. The molecule has 0 bridgehead atoms. The number of phenols is 2. The fraction of sp³-hybridized carbons (Fsp3) is 0. The van der Waals surface area contributed by atoms with Crippen molar-refractivity contribution in [3.63, 3.8) is 0 Å². The quantitative estimate of drug-likeness (QED) is 0.499. The van der Waals surface area contributed by atoms with Crippen LogP contribution in [0.3, 0.4) is 0 Å². The largest absolute Gasteiger partial charge is 0.504 e. The van der Waals surface area contributed by atoms with Crippen molar-refractivity contribution >= 4 is 17.9 Å². The molecule has 11 heavy (non-hydrogen) atoms. The lowest BCUT2D eigenvalue weighted by atomic mass is 10.2. The molecule has 1 aromatic carbocycles. The van der Waals surface area contributed by atoms with Crippen LogP contribution < -0.4 is 0 Å². The maximum Gasteiger partial charge on any atom is 0.177 e. The van der Waals surface area contributed by atoms with E-state index in [1.54, 1.807) is 0 Å². The molecule has 0 heterocycles. The normalized spacial score (nSPS) is 9.55. The number of aromatic hydroxyl groups is 2. The molecule has 4 heteroatoms. The molecule has 0 spiro atoms. The van der Waals surface area contributed by atoms with Crippen LogP contribution in [0.15, 0.2) is 12.1 Å². The Morgan fingerprint density at radius 3 is 2.45 bits per heavy atom. The summed E-state index contributed by atoms with van der Waals surface area (Å²) in [7, 11) is 0. The SMILES string of the molecule is O=Cc1ccc(Cl)c(O)c1O. The van der Waals surface area contributed by atoms with Gasteiger partial charge in [-0.05, 0) is 12.1 Å². The van der Waals surface area contributed by atoms with E-state index < -0.39 is 11.5 Å². The van der Waals surface area contributed by atoms with Crippen LogP contribution in [-0.2, 0) is 0 Å². The lowest BCUT2D eigenvalue weighted by Gasteiger charge is -2.00. The molecule has 0 aliphatic carbocycles. The molecule has 0 aliphatic heterocycles. The number of hydrogen-bond donors (Lipinski definition) is 2. The van der Waals surface area contributed by atoms with Crippen LogP contribution >= 0.6 is 11.6 Å². The van der Waals surface area contributed by atoms with Crippen molar-refractivity contribution in [1.82, 2.24) is 0 Å². The molecule has 58 valence electrons. The lowest BCUT2D eigenvalue weighted by Crippen LogP contribution is -1.81. The van der Waals surface area contributed by atoms with Gasteiger partial charge in [0.15, 0.2) is 17.8 Å². The molecule has 0 fully saturated rings. The molecule has 2 N–H and O–H groups in total. The first-order valence-electron chi connectivity index (χ1n) is 2.82. The van der Waals surface area contributed by atoms with Crippen LogP contribution in [0.2, 0.25) is 5.02 Å². The molecule has 0 saturated carbocycles. The second-order valence-corrected chi connectivity index (χ2v) is 2.36. The highest BCUT2D eigenvalue weighted by molar-refractivity contribution is 6.32. The number of hydrogen-bond acceptors (Lipinski definition) is 3. The Kier molecular flexibility index (Phi) is 2.01. The molecule has 1 rings (SSSR count). The highest BCUT2D eigenvalue weighted by Crippen LogP contribution is 2.34. The van der Waals surface area contributed by atoms with Crippen molar-refractivity contribution in [3.05, 3.63) is 22.7 Å². The van der Waals surface area contributed by atoms with Crippen LogP contribution in [0.4, 0.5) is 0 Å². The molecule has 0 aliphatic rings. The average Bonchev–Trinajstić information content (AvgIpc) is 2.01. The van der Waals surface area contributed by atoms with Crippen molar-refractivity contribution in [2.45, 2.75) is 0 Å². The Balaban J connectivity index is 3.36. The average molecular weight is 173 g/mol. The van der Waals surface area contributed by atoms with Gasteiger partial charge >= 0.3 is 0 Å². The van der Waals surface area contributed by atoms with Gasteiger partial charge in [-0.25, -0.2) is 0 Å². The van der Waals surface area contributed by atoms with Crippen molar-refractivity contribution in [2.24, 2.45) is 0 Å². The number of halogens is 1. The molecule has 0 amide bonds. The monoisotopic (exact) mass is 172 g/mol. The standard InChI is InChI=1S/C7H5ClO3/c8-5-2-1-4(3-9)6(10)7(5)11/h1-3,10-11H. The van der Waals surface area contributed by atoms with E-state index in [0.717, 1.165) is 0 Å². The third-order valence-corrected chi connectivity index (χ3v) is 1.57. The zero-order chi connectivity index (χ0) is 8.43. The minimum Gasteiger partial charge on any atom is -0.504 e. The summed E-state index contributed by atoms with van der Waals surface area (Å²) in [5.41, 5.74) is 0.0203. The van der Waals surface area contributed by atoms with Gasteiger partial charge in [0.25, 0.3) is 0 Å². The van der Waals surface area contributed by atoms with Crippen LogP contribution in [0.1, 0.15) is 10.4 Å². The van der Waals surface area contributed by atoms with Crippen molar-refractivity contribution < 1.29 is 15.0 Å². The van der Waals surface area contributed by atoms with Crippen molar-refractivity contribution in [2.75, 3.05) is 0 Å². The van der Waals surface area contributed by atoms with Crippen molar-refractivity contribution in [1.29, 1.82) is 0 Å². The predicted molar refractivity (Wildman–Crippen MR) is 40.2 cm³/mol. The van der Waals surface area contributed by atoms with Crippen LogP contribution in [0, 0.1) is 0 Å². The Morgan fingerprint density at radius 2 is 1.91 bits per heavy atom. The van der Waals surface area contributed by atoms with E-state index in [4.69, 9.17) is 21.8 Å². The third kappa shape index (κ3) is 1.28. The summed E-state index contributed by atoms with van der Waals surface area (Å²) in [5, 5.41) is 18.0. The second-order valence-electron chi connectivity index (χ2n) is 1.95. The Hall–Kier alpha value is -1.22. The van der Waals surface area contributed by atoms with Crippen LogP contribution in [0.5, 0.6) is 11.5 Å². The third-order valence-electron chi connectivity index (χ3n) is 1.26. The summed E-state index contributed by atoms with van der Waals surface area (Å²) in [4.78, 5) is 10.2. The van der Waals surface area contributed by atoms with E-state index in [1.165, 1.54) is 12.1 Å². The summed E-state index contributed by atoms with van der Waals surface area (Å²) in [6.45, 7) is 0. The summed E-state index contributed by atoms with van der Waals surface area (Å²) in [6.07, 6.45) is 0.436. The fourth-order valence-corrected chi connectivity index (χ4v) is 0.818. The fourth-order valence-electron chi connectivity index (χ4n) is 0.666. The van der Waals surface area contributed by atoms with Crippen LogP contribution in [0.25, 0.3) is 0 Å². The van der Waals surface area contributed by atoms with Crippen LogP contribution in [-0.4, -0.2) is 16.5 Å².